The first-order chi connectivity index (χ1) is 8.22. The van der Waals surface area contributed by atoms with Gasteiger partial charge >= 0.3 is 0 Å². The number of aromatic nitrogens is 2. The summed E-state index contributed by atoms with van der Waals surface area (Å²) in [5.74, 6) is 2.04. The smallest absolute Gasteiger partial charge is 0.223 e. The first-order valence-corrected chi connectivity index (χ1v) is 6.03. The Hall–Kier alpha value is -1.56. The number of rotatable bonds is 5. The number of nitrogens with zero attached hydrogens (tertiary/aromatic N) is 3. The minimum atomic E-state index is 0.328. The SMILES string of the molecule is CCCNc1cc(N2CC(NC)C2)nc(N)n1. The van der Waals surface area contributed by atoms with Crippen molar-refractivity contribution < 1.29 is 0 Å². The highest BCUT2D eigenvalue weighted by Gasteiger charge is 2.26. The van der Waals surface area contributed by atoms with Crippen LogP contribution in [-0.2, 0) is 0 Å². The van der Waals surface area contributed by atoms with Gasteiger partial charge < -0.3 is 21.3 Å². The average molecular weight is 236 g/mol. The molecule has 1 fully saturated rings. The lowest BCUT2D eigenvalue weighted by Crippen LogP contribution is -2.57. The molecule has 0 amide bonds. The number of likely N-dealkylation sites (N-methyl/N-ethyl adjacent to an activating group) is 1. The third kappa shape index (κ3) is 2.76. The molecule has 1 aliphatic rings. The molecular formula is C11H20N6. The van der Waals surface area contributed by atoms with Crippen LogP contribution in [0.25, 0.3) is 0 Å². The topological polar surface area (TPSA) is 79.1 Å². The minimum absolute atomic E-state index is 0.328. The van der Waals surface area contributed by atoms with Gasteiger partial charge in [-0.15, -0.1) is 0 Å². The zero-order valence-electron chi connectivity index (χ0n) is 10.4. The molecule has 0 radical (unpaired) electrons. The third-order valence-corrected chi connectivity index (χ3v) is 2.90. The molecule has 4 N–H and O–H groups in total. The molecule has 1 aliphatic heterocycles. The molecule has 0 unspecified atom stereocenters. The van der Waals surface area contributed by atoms with Crippen LogP contribution in [0.4, 0.5) is 17.6 Å². The van der Waals surface area contributed by atoms with Gasteiger partial charge in [0.25, 0.3) is 0 Å². The molecule has 17 heavy (non-hydrogen) atoms. The fourth-order valence-corrected chi connectivity index (χ4v) is 1.81. The Bertz CT molecular complexity index is 374. The highest BCUT2D eigenvalue weighted by atomic mass is 15.3. The van der Waals surface area contributed by atoms with Crippen molar-refractivity contribution in [3.8, 4) is 0 Å². The van der Waals surface area contributed by atoms with Gasteiger partial charge in [-0.1, -0.05) is 6.92 Å². The van der Waals surface area contributed by atoms with Crippen LogP contribution in [0.1, 0.15) is 13.3 Å². The summed E-state index contributed by atoms with van der Waals surface area (Å²) in [6.45, 7) is 4.96. The summed E-state index contributed by atoms with van der Waals surface area (Å²) in [5.41, 5.74) is 5.71. The van der Waals surface area contributed by atoms with E-state index in [0.717, 1.165) is 37.7 Å². The molecule has 94 valence electrons. The lowest BCUT2D eigenvalue weighted by atomic mass is 10.1. The summed E-state index contributed by atoms with van der Waals surface area (Å²) >= 11 is 0. The molecule has 1 saturated heterocycles. The molecule has 6 heteroatoms. The van der Waals surface area contributed by atoms with Gasteiger partial charge in [0.15, 0.2) is 0 Å². The molecule has 0 aromatic carbocycles. The first-order valence-electron chi connectivity index (χ1n) is 6.03. The Labute approximate surface area is 102 Å². The van der Waals surface area contributed by atoms with Gasteiger partial charge in [-0.25, -0.2) is 0 Å². The fourth-order valence-electron chi connectivity index (χ4n) is 1.81. The molecule has 6 nitrogen and oxygen atoms in total. The van der Waals surface area contributed by atoms with E-state index in [1.54, 1.807) is 0 Å². The third-order valence-electron chi connectivity index (χ3n) is 2.90. The van der Waals surface area contributed by atoms with Crippen LogP contribution in [-0.4, -0.2) is 42.7 Å². The summed E-state index contributed by atoms with van der Waals surface area (Å²) in [6.07, 6.45) is 1.06. The van der Waals surface area contributed by atoms with Crippen LogP contribution >= 0.6 is 0 Å². The summed E-state index contributed by atoms with van der Waals surface area (Å²) < 4.78 is 0. The van der Waals surface area contributed by atoms with Crippen LogP contribution in [0.3, 0.4) is 0 Å². The average Bonchev–Trinajstić information content (AvgIpc) is 2.24. The number of nitrogen functional groups attached to an aromatic ring is 1. The van der Waals surface area contributed by atoms with E-state index in [4.69, 9.17) is 5.73 Å². The van der Waals surface area contributed by atoms with Crippen LogP contribution in [0.15, 0.2) is 6.07 Å². The Morgan fingerprint density at radius 2 is 2.24 bits per heavy atom. The van der Waals surface area contributed by atoms with Gasteiger partial charge in [0, 0.05) is 31.7 Å². The molecule has 0 atom stereocenters. The van der Waals surface area contributed by atoms with Crippen molar-refractivity contribution in [2.24, 2.45) is 0 Å². The summed E-state index contributed by atoms with van der Waals surface area (Å²) in [7, 11) is 1.98. The Kier molecular flexibility index (Phi) is 3.63. The van der Waals surface area contributed by atoms with E-state index in [9.17, 15) is 0 Å². The lowest BCUT2D eigenvalue weighted by molar-refractivity contribution is 0.447. The highest BCUT2D eigenvalue weighted by Crippen LogP contribution is 2.21. The highest BCUT2D eigenvalue weighted by molar-refractivity contribution is 5.54. The zero-order chi connectivity index (χ0) is 12.3. The van der Waals surface area contributed by atoms with E-state index >= 15 is 0 Å². The molecule has 1 aromatic rings. The number of hydrogen-bond donors (Lipinski definition) is 3. The monoisotopic (exact) mass is 236 g/mol. The van der Waals surface area contributed by atoms with E-state index in [2.05, 4.69) is 32.4 Å². The molecule has 1 aromatic heterocycles. The van der Waals surface area contributed by atoms with Crippen molar-refractivity contribution in [1.29, 1.82) is 0 Å². The second-order valence-corrected chi connectivity index (χ2v) is 4.29. The Morgan fingerprint density at radius 1 is 1.47 bits per heavy atom. The minimum Gasteiger partial charge on any atom is -0.370 e. The maximum atomic E-state index is 5.71. The standard InChI is InChI=1S/C11H20N6/c1-3-4-14-9-5-10(16-11(12)15-9)17-6-8(7-17)13-2/h5,8,13H,3-4,6-7H2,1-2H3,(H3,12,14,15,16). The molecular weight excluding hydrogens is 216 g/mol. The van der Waals surface area contributed by atoms with Crippen molar-refractivity contribution in [1.82, 2.24) is 15.3 Å². The van der Waals surface area contributed by atoms with Gasteiger partial charge in [-0.05, 0) is 13.5 Å². The van der Waals surface area contributed by atoms with Gasteiger partial charge in [0.2, 0.25) is 5.95 Å². The van der Waals surface area contributed by atoms with Crippen molar-refractivity contribution >= 4 is 17.6 Å². The largest absolute Gasteiger partial charge is 0.370 e. The van der Waals surface area contributed by atoms with Crippen molar-refractivity contribution in [2.45, 2.75) is 19.4 Å². The number of anilines is 3. The van der Waals surface area contributed by atoms with Gasteiger partial charge in [-0.3, -0.25) is 0 Å². The van der Waals surface area contributed by atoms with Crippen LogP contribution in [0, 0.1) is 0 Å². The summed E-state index contributed by atoms with van der Waals surface area (Å²) in [6, 6.07) is 2.51. The normalized spacial score (nSPS) is 15.8. The fraction of sp³-hybridized carbons (Fsp3) is 0.636. The van der Waals surface area contributed by atoms with Crippen LogP contribution in [0.2, 0.25) is 0 Å². The first kappa shape index (κ1) is 11.9. The van der Waals surface area contributed by atoms with E-state index in [1.165, 1.54) is 0 Å². The summed E-state index contributed by atoms with van der Waals surface area (Å²) in [4.78, 5) is 10.6. The summed E-state index contributed by atoms with van der Waals surface area (Å²) in [5, 5.41) is 6.46. The van der Waals surface area contributed by atoms with E-state index in [-0.39, 0.29) is 0 Å². The van der Waals surface area contributed by atoms with Crippen LogP contribution in [0.5, 0.6) is 0 Å². The number of nitrogens with one attached hydrogen (secondary N) is 2. The molecule has 0 bridgehead atoms. The Morgan fingerprint density at radius 3 is 2.88 bits per heavy atom. The lowest BCUT2D eigenvalue weighted by Gasteiger charge is -2.40. The van der Waals surface area contributed by atoms with E-state index < -0.39 is 0 Å². The number of nitrogens with two attached hydrogens (primary N) is 1. The quantitative estimate of drug-likeness (QED) is 0.682. The molecule has 0 spiro atoms. The maximum Gasteiger partial charge on any atom is 0.223 e. The van der Waals surface area contributed by atoms with Crippen molar-refractivity contribution in [3.05, 3.63) is 6.07 Å². The predicted molar refractivity (Wildman–Crippen MR) is 70.3 cm³/mol. The second kappa shape index (κ2) is 5.18. The molecule has 2 rings (SSSR count). The Balaban J connectivity index is 2.04. The maximum absolute atomic E-state index is 5.71. The van der Waals surface area contributed by atoms with Crippen molar-refractivity contribution in [3.63, 3.8) is 0 Å². The van der Waals surface area contributed by atoms with Gasteiger partial charge in [0.1, 0.15) is 11.6 Å². The van der Waals surface area contributed by atoms with E-state index in [1.807, 2.05) is 13.1 Å². The molecule has 0 saturated carbocycles. The van der Waals surface area contributed by atoms with Gasteiger partial charge in [-0.2, -0.15) is 9.97 Å². The second-order valence-electron chi connectivity index (χ2n) is 4.29. The number of hydrogen-bond acceptors (Lipinski definition) is 6. The van der Waals surface area contributed by atoms with E-state index in [0.29, 0.717) is 12.0 Å². The predicted octanol–water partition coefficient (Wildman–Crippen LogP) is 0.289. The molecule has 0 aliphatic carbocycles. The zero-order valence-corrected chi connectivity index (χ0v) is 10.4. The van der Waals surface area contributed by atoms with Crippen LogP contribution < -0.4 is 21.3 Å². The molecule has 2 heterocycles. The van der Waals surface area contributed by atoms with Crippen molar-refractivity contribution in [2.75, 3.05) is 42.6 Å². The van der Waals surface area contributed by atoms with Gasteiger partial charge in [0.05, 0.1) is 0 Å².